The Balaban J connectivity index is 1.54. The Bertz CT molecular complexity index is 1400. The maximum absolute atomic E-state index is 12.5. The Hall–Kier alpha value is -3.30. The maximum Gasteiger partial charge on any atom is 0.257 e. The minimum absolute atomic E-state index is 0.218. The molecule has 0 atom stereocenters. The van der Waals surface area contributed by atoms with Crippen molar-refractivity contribution in [1.29, 1.82) is 0 Å². The van der Waals surface area contributed by atoms with Crippen LogP contribution in [0.2, 0.25) is 0 Å². The van der Waals surface area contributed by atoms with Crippen LogP contribution in [0.25, 0.3) is 16.7 Å². The van der Waals surface area contributed by atoms with E-state index in [1.807, 2.05) is 31.2 Å². The molecule has 2 N–H and O–H groups in total. The van der Waals surface area contributed by atoms with E-state index in [-0.39, 0.29) is 11.0 Å². The highest BCUT2D eigenvalue weighted by molar-refractivity contribution is 9.10. The van der Waals surface area contributed by atoms with Crippen molar-refractivity contribution < 1.29 is 4.79 Å². The standard InChI is InChI=1S/C26H27BrN6OS/c1-5-32(6-2)20-11-12-24(17(4)13-20)33-30-22-14-16(3)21(15-23(22)31-33)28-26(35)29-25(34)18-7-9-19(27)10-8-18/h7-15H,5-6H2,1-4H3,(H2,28,29,34,35). The molecule has 4 aromatic rings. The van der Waals surface area contributed by atoms with E-state index in [1.165, 1.54) is 5.69 Å². The number of nitrogens with one attached hydrogen (secondary N) is 2. The normalized spacial score (nSPS) is 10.9. The average Bonchev–Trinajstić information content (AvgIpc) is 3.22. The monoisotopic (exact) mass is 550 g/mol. The molecule has 1 heterocycles. The number of thiocarbonyl (C=S) groups is 1. The molecule has 1 aromatic heterocycles. The molecule has 1 amide bonds. The number of carbonyl (C=O) groups excluding carboxylic acids is 1. The first kappa shape index (κ1) is 24.8. The molecule has 0 bridgehead atoms. The molecule has 0 fully saturated rings. The molecular formula is C26H27BrN6OS. The summed E-state index contributed by atoms with van der Waals surface area (Å²) < 4.78 is 0.904. The van der Waals surface area contributed by atoms with Gasteiger partial charge in [-0.15, -0.1) is 10.2 Å². The van der Waals surface area contributed by atoms with Gasteiger partial charge in [0.05, 0.1) is 5.69 Å². The topological polar surface area (TPSA) is 75.1 Å². The van der Waals surface area contributed by atoms with Crippen molar-refractivity contribution in [2.45, 2.75) is 27.7 Å². The van der Waals surface area contributed by atoms with Crippen LogP contribution < -0.4 is 15.5 Å². The first-order valence-electron chi connectivity index (χ1n) is 11.4. The fraction of sp³-hybridized carbons (Fsp3) is 0.231. The lowest BCUT2D eigenvalue weighted by atomic mass is 10.1. The van der Waals surface area contributed by atoms with Gasteiger partial charge in [-0.25, -0.2) is 0 Å². The van der Waals surface area contributed by atoms with Gasteiger partial charge in [0.2, 0.25) is 0 Å². The molecule has 0 saturated carbocycles. The van der Waals surface area contributed by atoms with E-state index in [4.69, 9.17) is 22.4 Å². The highest BCUT2D eigenvalue weighted by Crippen LogP contribution is 2.25. The Morgan fingerprint density at radius 1 is 0.971 bits per heavy atom. The number of benzene rings is 3. The fourth-order valence-corrected chi connectivity index (χ4v) is 4.36. The smallest absolute Gasteiger partial charge is 0.257 e. The first-order valence-corrected chi connectivity index (χ1v) is 12.6. The van der Waals surface area contributed by atoms with E-state index in [2.05, 4.69) is 70.4 Å². The number of carbonyl (C=O) groups is 1. The number of fused-ring (bicyclic) bond motifs is 1. The highest BCUT2D eigenvalue weighted by Gasteiger charge is 2.13. The molecule has 180 valence electrons. The lowest BCUT2D eigenvalue weighted by molar-refractivity contribution is 0.0977. The molecule has 0 aliphatic rings. The number of aromatic nitrogens is 3. The van der Waals surface area contributed by atoms with Gasteiger partial charge in [0.1, 0.15) is 11.0 Å². The lowest BCUT2D eigenvalue weighted by Gasteiger charge is -2.22. The van der Waals surface area contributed by atoms with Crippen molar-refractivity contribution in [1.82, 2.24) is 20.3 Å². The van der Waals surface area contributed by atoms with E-state index < -0.39 is 0 Å². The van der Waals surface area contributed by atoms with Crippen LogP contribution in [0.1, 0.15) is 35.3 Å². The first-order chi connectivity index (χ1) is 16.8. The fourth-order valence-electron chi connectivity index (χ4n) is 3.89. The van der Waals surface area contributed by atoms with Crippen LogP contribution in [0, 0.1) is 13.8 Å². The third kappa shape index (κ3) is 5.52. The molecule has 0 radical (unpaired) electrons. The van der Waals surface area contributed by atoms with Crippen LogP contribution in [-0.2, 0) is 0 Å². The molecule has 35 heavy (non-hydrogen) atoms. The molecule has 3 aromatic carbocycles. The Kier molecular flexibility index (Phi) is 7.47. The zero-order valence-electron chi connectivity index (χ0n) is 20.1. The number of anilines is 2. The molecule has 4 rings (SSSR count). The number of hydrogen-bond acceptors (Lipinski definition) is 5. The predicted octanol–water partition coefficient (Wildman–Crippen LogP) is 5.77. The van der Waals surface area contributed by atoms with Gasteiger partial charge < -0.3 is 10.2 Å². The summed E-state index contributed by atoms with van der Waals surface area (Å²) in [6.45, 7) is 10.3. The number of halogens is 1. The molecule has 0 spiro atoms. The van der Waals surface area contributed by atoms with Gasteiger partial charge in [0.15, 0.2) is 5.11 Å². The zero-order chi connectivity index (χ0) is 25.1. The van der Waals surface area contributed by atoms with Crippen molar-refractivity contribution in [3.8, 4) is 5.69 Å². The maximum atomic E-state index is 12.5. The van der Waals surface area contributed by atoms with E-state index in [0.717, 1.165) is 51.1 Å². The van der Waals surface area contributed by atoms with E-state index in [9.17, 15) is 4.79 Å². The molecule has 0 aliphatic heterocycles. The minimum Gasteiger partial charge on any atom is -0.372 e. The summed E-state index contributed by atoms with van der Waals surface area (Å²) in [6, 6.07) is 17.3. The second kappa shape index (κ2) is 10.5. The van der Waals surface area contributed by atoms with Crippen LogP contribution in [0.4, 0.5) is 11.4 Å². The summed E-state index contributed by atoms with van der Waals surface area (Å²) in [5.74, 6) is -0.275. The van der Waals surface area contributed by atoms with Gasteiger partial charge in [-0.05, 0) is 106 Å². The van der Waals surface area contributed by atoms with E-state index in [0.29, 0.717) is 5.56 Å². The van der Waals surface area contributed by atoms with Gasteiger partial charge >= 0.3 is 0 Å². The van der Waals surface area contributed by atoms with Crippen molar-refractivity contribution >= 4 is 61.6 Å². The van der Waals surface area contributed by atoms with Crippen LogP contribution >= 0.6 is 28.1 Å². The van der Waals surface area contributed by atoms with Gasteiger partial charge in [-0.3, -0.25) is 10.1 Å². The molecule has 7 nitrogen and oxygen atoms in total. The Labute approximate surface area is 218 Å². The second-order valence-electron chi connectivity index (χ2n) is 8.20. The van der Waals surface area contributed by atoms with Crippen LogP contribution in [-0.4, -0.2) is 39.1 Å². The number of rotatable bonds is 6. The van der Waals surface area contributed by atoms with Crippen molar-refractivity contribution in [3.05, 3.63) is 75.8 Å². The quantitative estimate of drug-likeness (QED) is 0.297. The molecule has 0 saturated heterocycles. The third-order valence-corrected chi connectivity index (χ3v) is 6.57. The summed E-state index contributed by atoms with van der Waals surface area (Å²) in [5.41, 5.74) is 6.96. The van der Waals surface area contributed by atoms with Crippen molar-refractivity contribution in [3.63, 3.8) is 0 Å². The summed E-state index contributed by atoms with van der Waals surface area (Å²) in [5, 5.41) is 15.5. The summed E-state index contributed by atoms with van der Waals surface area (Å²) in [4.78, 5) is 16.4. The zero-order valence-corrected chi connectivity index (χ0v) is 22.5. The highest BCUT2D eigenvalue weighted by atomic mass is 79.9. The van der Waals surface area contributed by atoms with E-state index >= 15 is 0 Å². The average molecular weight is 552 g/mol. The van der Waals surface area contributed by atoms with Crippen LogP contribution in [0.15, 0.2) is 59.1 Å². The van der Waals surface area contributed by atoms with Crippen molar-refractivity contribution in [2.24, 2.45) is 0 Å². The summed E-state index contributed by atoms with van der Waals surface area (Å²) in [6.07, 6.45) is 0. The third-order valence-electron chi connectivity index (χ3n) is 5.83. The van der Waals surface area contributed by atoms with Crippen LogP contribution in [0.5, 0.6) is 0 Å². The SMILES string of the molecule is CCN(CC)c1ccc(-n2nc3cc(C)c(NC(=S)NC(=O)c4ccc(Br)cc4)cc3n2)c(C)c1. The number of hydrogen-bond donors (Lipinski definition) is 2. The number of nitrogens with zero attached hydrogens (tertiary/aromatic N) is 4. The predicted molar refractivity (Wildman–Crippen MR) is 150 cm³/mol. The van der Waals surface area contributed by atoms with Gasteiger partial charge in [0.25, 0.3) is 5.91 Å². The van der Waals surface area contributed by atoms with Gasteiger partial charge in [0, 0.05) is 34.5 Å². The molecule has 0 aliphatic carbocycles. The van der Waals surface area contributed by atoms with Crippen LogP contribution in [0.3, 0.4) is 0 Å². The van der Waals surface area contributed by atoms with E-state index in [1.54, 1.807) is 16.9 Å². The van der Waals surface area contributed by atoms with Crippen molar-refractivity contribution in [2.75, 3.05) is 23.3 Å². The molecular weight excluding hydrogens is 524 g/mol. The Morgan fingerprint density at radius 2 is 1.63 bits per heavy atom. The summed E-state index contributed by atoms with van der Waals surface area (Å²) >= 11 is 8.74. The lowest BCUT2D eigenvalue weighted by Crippen LogP contribution is -2.34. The largest absolute Gasteiger partial charge is 0.372 e. The Morgan fingerprint density at radius 3 is 2.26 bits per heavy atom. The minimum atomic E-state index is -0.275. The van der Waals surface area contributed by atoms with Gasteiger partial charge in [-0.1, -0.05) is 15.9 Å². The number of amides is 1. The summed E-state index contributed by atoms with van der Waals surface area (Å²) in [7, 11) is 0. The molecule has 0 unspecified atom stereocenters. The molecule has 9 heteroatoms. The number of aryl methyl sites for hydroxylation is 2. The second-order valence-corrected chi connectivity index (χ2v) is 9.53. The van der Waals surface area contributed by atoms with Gasteiger partial charge in [-0.2, -0.15) is 4.80 Å².